The molecule has 5 rings (SSSR count). The van der Waals surface area contributed by atoms with E-state index in [4.69, 9.17) is 5.10 Å². The van der Waals surface area contributed by atoms with Crippen molar-refractivity contribution in [1.29, 1.82) is 0 Å². The molecule has 0 radical (unpaired) electrons. The molecule has 1 unspecified atom stereocenters. The smallest absolute Gasteiger partial charge is 0.0594 e. The van der Waals surface area contributed by atoms with Gasteiger partial charge in [-0.25, -0.2) is 0 Å². The normalized spacial score (nSPS) is 14.9. The van der Waals surface area contributed by atoms with Gasteiger partial charge in [-0.05, 0) is 54.1 Å². The second kappa shape index (κ2) is 9.75. The molecule has 4 aromatic rings. The molecular weight excluding hydrogens is 410 g/mol. The van der Waals surface area contributed by atoms with Gasteiger partial charge in [-0.3, -0.25) is 5.01 Å². The van der Waals surface area contributed by atoms with Crippen LogP contribution in [0.5, 0.6) is 0 Å². The number of rotatable bonds is 8. The standard InChI is InChI=1S/C28H25N3S/c1-4-10-24(11-5-1)30(21-28-22-32-28)29-20-23-16-18-27(19-17-23)31(25-12-6-2-7-13-25)26-14-8-3-9-15-26/h1-20,28H,21-22H2. The number of thioether (sulfide) groups is 1. The first-order valence-electron chi connectivity index (χ1n) is 10.9. The topological polar surface area (TPSA) is 18.8 Å². The van der Waals surface area contributed by atoms with E-state index in [1.54, 1.807) is 0 Å². The second-order valence-electron chi connectivity index (χ2n) is 7.72. The largest absolute Gasteiger partial charge is 0.311 e. The lowest BCUT2D eigenvalue weighted by atomic mass is 10.1. The van der Waals surface area contributed by atoms with Crippen molar-refractivity contribution in [3.63, 3.8) is 0 Å². The summed E-state index contributed by atoms with van der Waals surface area (Å²) < 4.78 is 0. The summed E-state index contributed by atoms with van der Waals surface area (Å²) in [6.45, 7) is 0.944. The van der Waals surface area contributed by atoms with Crippen molar-refractivity contribution in [3.05, 3.63) is 121 Å². The molecule has 1 aliphatic heterocycles. The molecule has 0 aromatic heterocycles. The Hall–Kier alpha value is -3.50. The average molecular weight is 436 g/mol. The lowest BCUT2D eigenvalue weighted by Gasteiger charge is -2.25. The van der Waals surface area contributed by atoms with Gasteiger partial charge in [-0.2, -0.15) is 16.9 Å². The van der Waals surface area contributed by atoms with Crippen molar-refractivity contribution < 1.29 is 0 Å². The highest BCUT2D eigenvalue weighted by molar-refractivity contribution is 8.06. The Bertz CT molecular complexity index is 1100. The quantitative estimate of drug-likeness (QED) is 0.167. The first kappa shape index (κ1) is 20.4. The molecule has 3 nitrogen and oxygen atoms in total. The summed E-state index contributed by atoms with van der Waals surface area (Å²) in [6.07, 6.45) is 1.96. The average Bonchev–Trinajstić information content (AvgIpc) is 3.69. The van der Waals surface area contributed by atoms with Gasteiger partial charge in [0.2, 0.25) is 0 Å². The van der Waals surface area contributed by atoms with Crippen LogP contribution in [-0.4, -0.2) is 23.8 Å². The van der Waals surface area contributed by atoms with Gasteiger partial charge in [-0.1, -0.05) is 66.7 Å². The number of hydrogen-bond donors (Lipinski definition) is 0. The fourth-order valence-electron chi connectivity index (χ4n) is 3.63. The summed E-state index contributed by atoms with van der Waals surface area (Å²) in [5.74, 6) is 1.22. The third-order valence-electron chi connectivity index (χ3n) is 5.36. The molecule has 0 saturated carbocycles. The van der Waals surface area contributed by atoms with Gasteiger partial charge in [0.25, 0.3) is 0 Å². The lowest BCUT2D eigenvalue weighted by Crippen LogP contribution is -2.21. The van der Waals surface area contributed by atoms with Crippen molar-refractivity contribution in [3.8, 4) is 0 Å². The van der Waals surface area contributed by atoms with Crippen LogP contribution in [0.1, 0.15) is 5.56 Å². The molecule has 4 heteroatoms. The predicted octanol–water partition coefficient (Wildman–Crippen LogP) is 7.11. The van der Waals surface area contributed by atoms with Crippen LogP contribution in [0, 0.1) is 0 Å². The Balaban J connectivity index is 1.39. The first-order chi connectivity index (χ1) is 15.9. The zero-order chi connectivity index (χ0) is 21.6. The molecule has 1 aliphatic rings. The molecule has 0 spiro atoms. The van der Waals surface area contributed by atoms with Crippen LogP contribution in [0.25, 0.3) is 0 Å². The highest BCUT2D eigenvalue weighted by Gasteiger charge is 2.25. The van der Waals surface area contributed by atoms with Crippen LogP contribution in [0.2, 0.25) is 0 Å². The fraction of sp³-hybridized carbons (Fsp3) is 0.107. The SMILES string of the molecule is C(=NN(CC1CS1)c1ccccc1)c1ccc(N(c2ccccc2)c2ccccc2)cc1. The Morgan fingerprint density at radius 1 is 0.656 bits per heavy atom. The number of hydrogen-bond acceptors (Lipinski definition) is 4. The minimum absolute atomic E-state index is 0.681. The molecule has 0 N–H and O–H groups in total. The van der Waals surface area contributed by atoms with E-state index in [0.29, 0.717) is 5.25 Å². The molecule has 32 heavy (non-hydrogen) atoms. The summed E-state index contributed by atoms with van der Waals surface area (Å²) >= 11 is 1.99. The molecule has 0 amide bonds. The van der Waals surface area contributed by atoms with E-state index >= 15 is 0 Å². The van der Waals surface area contributed by atoms with Gasteiger partial charge in [0.05, 0.1) is 18.4 Å². The third-order valence-corrected chi connectivity index (χ3v) is 6.31. The third kappa shape index (κ3) is 5.04. The Labute approximate surface area is 194 Å². The number of anilines is 4. The molecule has 1 fully saturated rings. The molecule has 158 valence electrons. The van der Waals surface area contributed by atoms with Crippen LogP contribution in [0.3, 0.4) is 0 Å². The van der Waals surface area contributed by atoms with Gasteiger partial charge in [-0.15, -0.1) is 0 Å². The van der Waals surface area contributed by atoms with Crippen molar-refractivity contribution in [2.45, 2.75) is 5.25 Å². The van der Waals surface area contributed by atoms with E-state index in [2.05, 4.69) is 107 Å². The number of para-hydroxylation sites is 3. The number of nitrogens with zero attached hydrogens (tertiary/aromatic N) is 3. The van der Waals surface area contributed by atoms with Crippen LogP contribution >= 0.6 is 11.8 Å². The Morgan fingerprint density at radius 3 is 1.62 bits per heavy atom. The Kier molecular flexibility index (Phi) is 6.22. The van der Waals surface area contributed by atoms with E-state index in [1.165, 1.54) is 5.75 Å². The van der Waals surface area contributed by atoms with Crippen molar-refractivity contribution in [2.24, 2.45) is 5.10 Å². The highest BCUT2D eigenvalue weighted by atomic mass is 32.2. The van der Waals surface area contributed by atoms with E-state index < -0.39 is 0 Å². The highest BCUT2D eigenvalue weighted by Crippen LogP contribution is 2.34. The molecule has 1 atom stereocenters. The van der Waals surface area contributed by atoms with Crippen LogP contribution in [0.4, 0.5) is 22.7 Å². The van der Waals surface area contributed by atoms with Gasteiger partial charge in [0.1, 0.15) is 0 Å². The van der Waals surface area contributed by atoms with Crippen LogP contribution in [0.15, 0.2) is 120 Å². The molecule has 1 saturated heterocycles. The zero-order valence-electron chi connectivity index (χ0n) is 17.8. The van der Waals surface area contributed by atoms with Gasteiger partial charge >= 0.3 is 0 Å². The summed E-state index contributed by atoms with van der Waals surface area (Å²) in [7, 11) is 0. The maximum absolute atomic E-state index is 4.82. The van der Waals surface area contributed by atoms with E-state index in [9.17, 15) is 0 Å². The number of hydrazone groups is 1. The van der Waals surface area contributed by atoms with Crippen molar-refractivity contribution in [1.82, 2.24) is 0 Å². The van der Waals surface area contributed by atoms with Crippen molar-refractivity contribution >= 4 is 40.7 Å². The second-order valence-corrected chi connectivity index (χ2v) is 9.05. The van der Waals surface area contributed by atoms with E-state index in [1.807, 2.05) is 36.2 Å². The van der Waals surface area contributed by atoms with Crippen LogP contribution in [-0.2, 0) is 0 Å². The molecule has 4 aromatic carbocycles. The minimum Gasteiger partial charge on any atom is -0.311 e. The summed E-state index contributed by atoms with van der Waals surface area (Å²) in [6, 6.07) is 39.9. The fourth-order valence-corrected chi connectivity index (χ4v) is 4.12. The zero-order valence-corrected chi connectivity index (χ0v) is 18.6. The molecule has 0 aliphatic carbocycles. The first-order valence-corrected chi connectivity index (χ1v) is 11.9. The van der Waals surface area contributed by atoms with Gasteiger partial charge in [0, 0.05) is 28.1 Å². The lowest BCUT2D eigenvalue weighted by molar-refractivity contribution is 0.857. The Morgan fingerprint density at radius 2 is 1.12 bits per heavy atom. The predicted molar refractivity (Wildman–Crippen MR) is 139 cm³/mol. The maximum Gasteiger partial charge on any atom is 0.0594 e. The molecular formula is C28H25N3S. The molecule has 0 bridgehead atoms. The summed E-state index contributed by atoms with van der Waals surface area (Å²) in [5.41, 5.74) is 5.61. The number of benzene rings is 4. The molecule has 1 heterocycles. The monoisotopic (exact) mass is 435 g/mol. The van der Waals surface area contributed by atoms with Crippen molar-refractivity contribution in [2.75, 3.05) is 22.2 Å². The van der Waals surface area contributed by atoms with Crippen LogP contribution < -0.4 is 9.91 Å². The maximum atomic E-state index is 4.82. The van der Waals surface area contributed by atoms with E-state index in [0.717, 1.165) is 34.9 Å². The van der Waals surface area contributed by atoms with Gasteiger partial charge in [0.15, 0.2) is 0 Å². The summed E-state index contributed by atoms with van der Waals surface area (Å²) in [5, 5.41) is 7.61. The summed E-state index contributed by atoms with van der Waals surface area (Å²) in [4.78, 5) is 2.27. The van der Waals surface area contributed by atoms with E-state index in [-0.39, 0.29) is 0 Å². The minimum atomic E-state index is 0.681. The van der Waals surface area contributed by atoms with Gasteiger partial charge < -0.3 is 4.90 Å².